The molecule has 0 atom stereocenters. The van der Waals surface area contributed by atoms with Crippen LogP contribution in [0.3, 0.4) is 0 Å². The molecular weight excluding hydrogens is 334 g/mol. The van der Waals surface area contributed by atoms with Gasteiger partial charge < -0.3 is 0 Å². The van der Waals surface area contributed by atoms with Crippen molar-refractivity contribution in [1.82, 2.24) is 0 Å². The van der Waals surface area contributed by atoms with Crippen molar-refractivity contribution in [3.8, 4) is 0 Å². The van der Waals surface area contributed by atoms with E-state index in [0.29, 0.717) is 0 Å². The highest BCUT2D eigenvalue weighted by Crippen LogP contribution is 2.99. The van der Waals surface area contributed by atoms with Crippen LogP contribution >= 0.6 is 10.6 Å². The third kappa shape index (κ3) is 8000. The van der Waals surface area contributed by atoms with Gasteiger partial charge in [-0.2, -0.15) is 0 Å². The standard InChI is InChI=1S/3CH4.F6S.8FH/c;;;1-7(2,3,4,5)6;;;;;;;;/h3*1H4;;8*1H. The highest BCUT2D eigenvalue weighted by atomic mass is 32.5. The van der Waals surface area contributed by atoms with Gasteiger partial charge in [0.05, 0.1) is 0 Å². The van der Waals surface area contributed by atoms with Gasteiger partial charge in [-0.25, -0.2) is 0 Å². The summed E-state index contributed by atoms with van der Waals surface area (Å²) in [6, 6.07) is 0. The summed E-state index contributed by atoms with van der Waals surface area (Å²) in [4.78, 5) is 0. The van der Waals surface area contributed by atoms with Crippen molar-refractivity contribution in [2.45, 2.75) is 22.3 Å². The first-order valence-corrected chi connectivity index (χ1v) is 2.78. The molecule has 0 fully saturated rings. The molecule has 0 rings (SSSR count). The van der Waals surface area contributed by atoms with E-state index in [4.69, 9.17) is 0 Å². The molecule has 0 radical (unpaired) electrons. The van der Waals surface area contributed by atoms with Gasteiger partial charge in [0.15, 0.2) is 0 Å². The lowest BCUT2D eigenvalue weighted by atomic mass is 12.0. The van der Waals surface area contributed by atoms with Crippen molar-refractivity contribution >= 4 is 10.6 Å². The topological polar surface area (TPSA) is 0 Å². The number of hydrogen-bond donors (Lipinski definition) is 0. The second-order valence-corrected chi connectivity index (χ2v) is 2.62. The largest absolute Gasteiger partial charge is 0.431 e. The molecular formula is C3H20F14S. The molecule has 0 heterocycles. The van der Waals surface area contributed by atoms with Gasteiger partial charge in [-0.1, -0.05) is 45.6 Å². The normalized spacial score (nSPS) is 9.00. The van der Waals surface area contributed by atoms with E-state index in [1.165, 1.54) is 0 Å². The summed E-state index contributed by atoms with van der Waals surface area (Å²) in [6.45, 7) is 0. The molecule has 18 heavy (non-hydrogen) atoms. The highest BCUT2D eigenvalue weighted by Gasteiger charge is 2.64. The Kier molecular flexibility index (Phi) is 168. The van der Waals surface area contributed by atoms with Gasteiger partial charge in [0.25, 0.3) is 0 Å². The molecule has 0 unspecified atom stereocenters. The number of rotatable bonds is 0. The van der Waals surface area contributed by atoms with Crippen LogP contribution in [0, 0.1) is 0 Å². The fourth-order valence-corrected chi connectivity index (χ4v) is 0. The predicted octanol–water partition coefficient (Wildman–Crippen LogP) is 6.30. The lowest BCUT2D eigenvalue weighted by Crippen LogP contribution is -1.92. The third-order valence-corrected chi connectivity index (χ3v) is 0. The van der Waals surface area contributed by atoms with Gasteiger partial charge in [-0.3, -0.25) is 37.6 Å². The Morgan fingerprint density at radius 2 is 0.333 bits per heavy atom. The van der Waals surface area contributed by atoms with Gasteiger partial charge in [0.1, 0.15) is 0 Å². The van der Waals surface area contributed by atoms with E-state index in [9.17, 15) is 23.3 Å². The average Bonchev–Trinajstić information content (AvgIpc) is 0.592. The molecule has 0 saturated heterocycles. The molecule has 0 nitrogen and oxygen atoms in total. The van der Waals surface area contributed by atoms with Crippen LogP contribution in [0.2, 0.25) is 0 Å². The van der Waals surface area contributed by atoms with Crippen LogP contribution in [0.15, 0.2) is 0 Å². The fourth-order valence-electron chi connectivity index (χ4n) is 0. The molecule has 0 aliphatic rings. The molecule has 0 aromatic heterocycles. The van der Waals surface area contributed by atoms with E-state index in [1.54, 1.807) is 0 Å². The smallest absolute Gasteiger partial charge is 0.269 e. The summed E-state index contributed by atoms with van der Waals surface area (Å²) >= 11 is 0. The van der Waals surface area contributed by atoms with Crippen LogP contribution in [0.5, 0.6) is 0 Å². The van der Waals surface area contributed by atoms with E-state index >= 15 is 0 Å². The lowest BCUT2D eigenvalue weighted by molar-refractivity contribution is 0.291. The summed E-state index contributed by atoms with van der Waals surface area (Å²) in [5, 5.41) is 0. The van der Waals surface area contributed by atoms with E-state index in [-0.39, 0.29) is 59.9 Å². The minimum Gasteiger partial charge on any atom is -0.269 e. The van der Waals surface area contributed by atoms with Gasteiger partial charge in [-0.05, 0) is 0 Å². The van der Waals surface area contributed by atoms with Crippen molar-refractivity contribution in [3.05, 3.63) is 0 Å². The molecule has 136 valence electrons. The van der Waals surface area contributed by atoms with Crippen LogP contribution in [0.4, 0.5) is 60.9 Å². The molecule has 0 saturated carbocycles. The van der Waals surface area contributed by atoms with Crippen LogP contribution in [-0.4, -0.2) is 0 Å². The molecule has 0 aromatic carbocycles. The summed E-state index contributed by atoms with van der Waals surface area (Å²) < 4.78 is 59.1. The maximum absolute atomic E-state index is 10.5. The molecule has 0 aliphatic carbocycles. The maximum atomic E-state index is 9.85. The van der Waals surface area contributed by atoms with Crippen molar-refractivity contribution < 1.29 is 60.9 Å². The van der Waals surface area contributed by atoms with E-state index in [2.05, 4.69) is 0 Å². The van der Waals surface area contributed by atoms with Crippen molar-refractivity contribution in [2.24, 2.45) is 0 Å². The Hall–Kier alpha value is -0.630. The summed E-state index contributed by atoms with van der Waals surface area (Å²) in [7, 11) is -10.5. The second kappa shape index (κ2) is 18.7. The summed E-state index contributed by atoms with van der Waals surface area (Å²) in [5.41, 5.74) is 0. The minimum atomic E-state index is -10.5. The Morgan fingerprint density at radius 1 is 0.333 bits per heavy atom. The lowest BCUT2D eigenvalue weighted by Gasteiger charge is -2.28. The average molecular weight is 354 g/mol. The molecule has 0 aromatic rings. The van der Waals surface area contributed by atoms with E-state index < -0.39 is 10.6 Å². The van der Waals surface area contributed by atoms with Gasteiger partial charge in [-0.15, -0.1) is 0 Å². The zero-order valence-electron chi connectivity index (χ0n) is 5.94. The first-order valence-electron chi connectivity index (χ1n) is 0.926. The van der Waals surface area contributed by atoms with Crippen LogP contribution in [-0.2, 0) is 0 Å². The maximum Gasteiger partial charge on any atom is 0.431 e. The Balaban J connectivity index is -0.00000000327. The third-order valence-electron chi connectivity index (χ3n) is 0. The van der Waals surface area contributed by atoms with Crippen LogP contribution in [0.25, 0.3) is 0 Å². The zero-order valence-corrected chi connectivity index (χ0v) is 6.76. The first-order chi connectivity index (χ1) is 2.45. The molecule has 0 bridgehead atoms. The van der Waals surface area contributed by atoms with Crippen molar-refractivity contribution in [3.63, 3.8) is 0 Å². The molecule has 15 heteroatoms. The fraction of sp³-hybridized carbons (Fsp3) is 1.00. The van der Waals surface area contributed by atoms with Crippen molar-refractivity contribution in [2.75, 3.05) is 0 Å². The Labute approximate surface area is 95.1 Å². The predicted molar refractivity (Wildman–Crippen MR) is 54.5 cm³/mol. The first kappa shape index (κ1) is 161. The SMILES string of the molecule is C.C.C.F.F.F.F.F.F.F.F.FS(F)(F)(F)(F)F. The highest BCUT2D eigenvalue weighted by molar-refractivity contribution is 8.41. The molecule has 0 aliphatic heterocycles. The molecule has 0 amide bonds. The van der Waals surface area contributed by atoms with Gasteiger partial charge in [0.2, 0.25) is 0 Å². The summed E-state index contributed by atoms with van der Waals surface area (Å²) in [5.74, 6) is 0. The zero-order chi connectivity index (χ0) is 6.41. The molecule has 0 spiro atoms. The van der Waals surface area contributed by atoms with Gasteiger partial charge in [0, 0.05) is 0 Å². The number of halogens is 14. The van der Waals surface area contributed by atoms with E-state index in [1.807, 2.05) is 0 Å². The quantitative estimate of drug-likeness (QED) is 0.448. The Bertz CT molecular complexity index is 75.6. The second-order valence-electron chi connectivity index (χ2n) is 0.875. The number of hydrogen-bond acceptors (Lipinski definition) is 0. The minimum absolute atomic E-state index is 0. The summed E-state index contributed by atoms with van der Waals surface area (Å²) in [6.07, 6.45) is 0. The Morgan fingerprint density at radius 3 is 0.333 bits per heavy atom. The van der Waals surface area contributed by atoms with Crippen molar-refractivity contribution in [1.29, 1.82) is 0 Å². The van der Waals surface area contributed by atoms with Crippen LogP contribution < -0.4 is 0 Å². The van der Waals surface area contributed by atoms with E-state index in [0.717, 1.165) is 0 Å². The molecule has 0 N–H and O–H groups in total. The monoisotopic (exact) mass is 354 g/mol. The van der Waals surface area contributed by atoms with Gasteiger partial charge >= 0.3 is 10.6 Å². The van der Waals surface area contributed by atoms with Crippen LogP contribution in [0.1, 0.15) is 22.3 Å².